The monoisotopic (exact) mass is 466 g/mol. The van der Waals surface area contributed by atoms with Crippen LogP contribution in [-0.4, -0.2) is 37.0 Å². The molecule has 0 bridgehead atoms. The van der Waals surface area contributed by atoms with Gasteiger partial charge in [-0.15, -0.1) is 0 Å². The van der Waals surface area contributed by atoms with Crippen molar-refractivity contribution in [1.29, 1.82) is 0 Å². The lowest BCUT2D eigenvalue weighted by molar-refractivity contribution is 0.119. The largest absolute Gasteiger partial charge is 0.496 e. The number of allylic oxidation sites excluding steroid dienone is 1. The Balaban J connectivity index is 2.08. The number of pyridine rings is 1. The van der Waals surface area contributed by atoms with Crippen LogP contribution in [0.25, 0.3) is 0 Å². The maximum Gasteiger partial charge on any atom is 0.217 e. The Morgan fingerprint density at radius 1 is 1.18 bits per heavy atom. The molecule has 1 aromatic heterocycles. The lowest BCUT2D eigenvalue weighted by atomic mass is 10.2. The predicted molar refractivity (Wildman–Crippen MR) is 144 cm³/mol. The summed E-state index contributed by atoms with van der Waals surface area (Å²) in [5, 5.41) is 4.40. The number of aryl methyl sites for hydroxylation is 1. The van der Waals surface area contributed by atoms with Crippen LogP contribution in [0.2, 0.25) is 0 Å². The van der Waals surface area contributed by atoms with Crippen molar-refractivity contribution in [1.82, 2.24) is 4.98 Å². The molecule has 0 fully saturated rings. The molecule has 1 aromatic carbocycles. The molecule has 0 amide bonds. The third-order valence-corrected chi connectivity index (χ3v) is 5.37. The average Bonchev–Trinajstić information content (AvgIpc) is 2.81. The lowest BCUT2D eigenvalue weighted by Gasteiger charge is -2.24. The molecule has 0 saturated heterocycles. The highest BCUT2D eigenvalue weighted by Crippen LogP contribution is 2.25. The molecule has 0 spiro atoms. The van der Waals surface area contributed by atoms with Gasteiger partial charge in [-0.1, -0.05) is 57.2 Å². The Morgan fingerprint density at radius 3 is 2.62 bits per heavy atom. The summed E-state index contributed by atoms with van der Waals surface area (Å²) >= 11 is 0. The summed E-state index contributed by atoms with van der Waals surface area (Å²) in [4.78, 5) is 7.00. The first kappa shape index (κ1) is 27.2. The zero-order valence-corrected chi connectivity index (χ0v) is 21.6. The second-order valence-corrected chi connectivity index (χ2v) is 8.65. The molecule has 2 aromatic rings. The van der Waals surface area contributed by atoms with Crippen LogP contribution in [0.3, 0.4) is 0 Å². The van der Waals surface area contributed by atoms with Gasteiger partial charge < -0.3 is 14.4 Å². The highest BCUT2D eigenvalue weighted by molar-refractivity contribution is 5.80. The number of aromatic nitrogens is 1. The predicted octanol–water partition coefficient (Wildman–Crippen LogP) is 6.95. The van der Waals surface area contributed by atoms with E-state index in [1.54, 1.807) is 6.21 Å². The summed E-state index contributed by atoms with van der Waals surface area (Å²) < 4.78 is 11.8. The van der Waals surface area contributed by atoms with E-state index in [0.29, 0.717) is 18.3 Å². The molecule has 1 N–H and O–H groups in total. The van der Waals surface area contributed by atoms with E-state index in [-0.39, 0.29) is 6.10 Å². The van der Waals surface area contributed by atoms with E-state index < -0.39 is 0 Å². The van der Waals surface area contributed by atoms with Gasteiger partial charge in [0.15, 0.2) is 5.82 Å². The highest BCUT2D eigenvalue weighted by atomic mass is 16.5. The maximum absolute atomic E-state index is 6.03. The number of ether oxygens (including phenoxy) is 2. The van der Waals surface area contributed by atoms with Gasteiger partial charge in [0.2, 0.25) is 5.88 Å². The molecule has 0 aliphatic heterocycles. The SMILES string of the molecule is C=C(CCCOc1cc(N(CCC)CCC)cc(N/N=C/c2cccc(C)c2)n1)OC(C)CC. The van der Waals surface area contributed by atoms with Crippen LogP contribution in [0.4, 0.5) is 11.5 Å². The molecule has 1 unspecified atom stereocenters. The first-order chi connectivity index (χ1) is 16.4. The number of rotatable bonds is 16. The van der Waals surface area contributed by atoms with Crippen LogP contribution < -0.4 is 15.1 Å². The van der Waals surface area contributed by atoms with Gasteiger partial charge in [0.1, 0.15) is 0 Å². The fourth-order valence-electron chi connectivity index (χ4n) is 3.51. The number of nitrogens with zero attached hydrogens (tertiary/aromatic N) is 3. The van der Waals surface area contributed by atoms with Gasteiger partial charge in [0, 0.05) is 37.3 Å². The first-order valence-electron chi connectivity index (χ1n) is 12.5. The number of benzene rings is 1. The number of nitrogens with one attached hydrogen (secondary N) is 1. The molecule has 6 heteroatoms. The van der Waals surface area contributed by atoms with Crippen molar-refractivity contribution in [2.45, 2.75) is 72.8 Å². The standard InChI is InChI=1S/C28H42N4O2/c1-7-15-32(16-8-2)26-19-27(31-29-21-25-14-10-12-22(4)18-25)30-28(20-26)33-17-11-13-24(6)34-23(5)9-3/h10,12,14,18-21,23H,6-9,11,13,15-17H2,1-5H3,(H,30,31)/b29-21+. The number of anilines is 2. The van der Waals surface area contributed by atoms with Gasteiger partial charge in [0.25, 0.3) is 0 Å². The number of hydrazone groups is 1. The summed E-state index contributed by atoms with van der Waals surface area (Å²) in [5.41, 5.74) is 6.42. The molecule has 0 aliphatic carbocycles. The first-order valence-corrected chi connectivity index (χ1v) is 12.5. The van der Waals surface area contributed by atoms with Crippen LogP contribution in [-0.2, 0) is 4.74 Å². The fraction of sp³-hybridized carbons (Fsp3) is 0.500. The summed E-state index contributed by atoms with van der Waals surface area (Å²) in [6.45, 7) is 17.2. The minimum Gasteiger partial charge on any atom is -0.496 e. The molecule has 1 heterocycles. The fourth-order valence-corrected chi connectivity index (χ4v) is 3.51. The van der Waals surface area contributed by atoms with E-state index in [9.17, 15) is 0 Å². The van der Waals surface area contributed by atoms with E-state index >= 15 is 0 Å². The Hall–Kier alpha value is -3.02. The van der Waals surface area contributed by atoms with Crippen molar-refractivity contribution in [3.8, 4) is 5.88 Å². The molecule has 0 saturated carbocycles. The average molecular weight is 467 g/mol. The van der Waals surface area contributed by atoms with Gasteiger partial charge in [-0.2, -0.15) is 10.1 Å². The van der Waals surface area contributed by atoms with Crippen molar-refractivity contribution in [2.75, 3.05) is 30.0 Å². The van der Waals surface area contributed by atoms with E-state index in [4.69, 9.17) is 9.47 Å². The molecule has 1 atom stereocenters. The molecule has 0 aliphatic rings. The van der Waals surface area contributed by atoms with Crippen molar-refractivity contribution in [3.63, 3.8) is 0 Å². The van der Waals surface area contributed by atoms with E-state index in [1.165, 1.54) is 5.56 Å². The summed E-state index contributed by atoms with van der Waals surface area (Å²) in [6.07, 6.45) is 6.72. The normalized spacial score (nSPS) is 11.9. The van der Waals surface area contributed by atoms with Crippen LogP contribution in [0.5, 0.6) is 5.88 Å². The third-order valence-electron chi connectivity index (χ3n) is 5.37. The zero-order valence-electron chi connectivity index (χ0n) is 21.6. The van der Waals surface area contributed by atoms with Gasteiger partial charge in [0.05, 0.1) is 24.7 Å². The van der Waals surface area contributed by atoms with E-state index in [2.05, 4.69) is 73.7 Å². The molecular formula is C28H42N4O2. The maximum atomic E-state index is 6.03. The Morgan fingerprint density at radius 2 is 1.94 bits per heavy atom. The van der Waals surface area contributed by atoms with Crippen molar-refractivity contribution >= 4 is 17.7 Å². The quantitative estimate of drug-likeness (QED) is 0.126. The zero-order chi connectivity index (χ0) is 24.8. The van der Waals surface area contributed by atoms with Crippen LogP contribution in [0.1, 0.15) is 70.9 Å². The molecular weight excluding hydrogens is 424 g/mol. The van der Waals surface area contributed by atoms with Crippen molar-refractivity contribution in [3.05, 3.63) is 59.9 Å². The molecule has 6 nitrogen and oxygen atoms in total. The van der Waals surface area contributed by atoms with Crippen LogP contribution >= 0.6 is 0 Å². The number of hydrogen-bond donors (Lipinski definition) is 1. The van der Waals surface area contributed by atoms with E-state index in [0.717, 1.165) is 62.2 Å². The van der Waals surface area contributed by atoms with Gasteiger partial charge in [-0.05, 0) is 45.1 Å². The summed E-state index contributed by atoms with van der Waals surface area (Å²) in [7, 11) is 0. The Bertz CT molecular complexity index is 907. The van der Waals surface area contributed by atoms with Gasteiger partial charge >= 0.3 is 0 Å². The van der Waals surface area contributed by atoms with Crippen molar-refractivity contribution < 1.29 is 9.47 Å². The summed E-state index contributed by atoms with van der Waals surface area (Å²) in [5.74, 6) is 2.07. The summed E-state index contributed by atoms with van der Waals surface area (Å²) in [6, 6.07) is 12.3. The van der Waals surface area contributed by atoms with Gasteiger partial charge in [-0.3, -0.25) is 5.43 Å². The van der Waals surface area contributed by atoms with Crippen molar-refractivity contribution in [2.24, 2.45) is 5.10 Å². The smallest absolute Gasteiger partial charge is 0.217 e. The Kier molecular flexibility index (Phi) is 12.0. The second kappa shape index (κ2) is 15.0. The Labute approximate surface area is 206 Å². The minimum absolute atomic E-state index is 0.198. The van der Waals surface area contributed by atoms with E-state index in [1.807, 2.05) is 24.3 Å². The minimum atomic E-state index is 0.198. The highest BCUT2D eigenvalue weighted by Gasteiger charge is 2.10. The molecule has 2 rings (SSSR count). The van der Waals surface area contributed by atoms with Gasteiger partial charge in [-0.25, -0.2) is 0 Å². The lowest BCUT2D eigenvalue weighted by Crippen LogP contribution is -2.25. The topological polar surface area (TPSA) is 59.0 Å². The van der Waals surface area contributed by atoms with Crippen LogP contribution in [0, 0.1) is 6.92 Å². The molecule has 34 heavy (non-hydrogen) atoms. The van der Waals surface area contributed by atoms with Crippen LogP contribution in [0.15, 0.2) is 53.8 Å². The second-order valence-electron chi connectivity index (χ2n) is 8.65. The molecule has 186 valence electrons. The third kappa shape index (κ3) is 9.86. The molecule has 0 radical (unpaired) electrons. The number of hydrogen-bond acceptors (Lipinski definition) is 6.